The third-order valence-electron chi connectivity index (χ3n) is 4.92. The molecule has 1 saturated carbocycles. The number of nitrogens with zero attached hydrogens (tertiary/aromatic N) is 1. The summed E-state index contributed by atoms with van der Waals surface area (Å²) >= 11 is 0. The zero-order valence-electron chi connectivity index (χ0n) is 15.9. The summed E-state index contributed by atoms with van der Waals surface area (Å²) in [4.78, 5) is 26.3. The molecule has 156 valence electrons. The summed E-state index contributed by atoms with van der Waals surface area (Å²) in [5, 5.41) is 6.34. The molecule has 1 fully saturated rings. The number of amides is 1. The second-order valence-electron chi connectivity index (χ2n) is 7.11. The van der Waals surface area contributed by atoms with Gasteiger partial charge in [-0.2, -0.15) is 0 Å². The van der Waals surface area contributed by atoms with E-state index in [0.29, 0.717) is 11.3 Å². The highest BCUT2D eigenvalue weighted by molar-refractivity contribution is 7.89. The van der Waals surface area contributed by atoms with Crippen molar-refractivity contribution >= 4 is 21.6 Å². The average Bonchev–Trinajstić information content (AvgIpc) is 3.40. The number of aromatic nitrogens is 2. The Labute approximate surface area is 172 Å². The fourth-order valence-corrected chi connectivity index (χ4v) is 4.79. The number of benzene rings is 2. The maximum absolute atomic E-state index is 12.7. The van der Waals surface area contributed by atoms with Gasteiger partial charge in [-0.15, -0.1) is 0 Å². The van der Waals surface area contributed by atoms with Gasteiger partial charge in [0.05, 0.1) is 4.90 Å². The third kappa shape index (κ3) is 4.50. The Morgan fingerprint density at radius 1 is 1.10 bits per heavy atom. The summed E-state index contributed by atoms with van der Waals surface area (Å²) in [6, 6.07) is 12.5. The largest absolute Gasteiger partial charge is 0.439 e. The van der Waals surface area contributed by atoms with Gasteiger partial charge in [0.2, 0.25) is 10.0 Å². The highest BCUT2D eigenvalue weighted by Crippen LogP contribution is 2.22. The molecule has 0 saturated heterocycles. The van der Waals surface area contributed by atoms with Crippen LogP contribution in [0.2, 0.25) is 0 Å². The average molecular weight is 428 g/mol. The molecule has 10 heteroatoms. The van der Waals surface area contributed by atoms with Gasteiger partial charge in [-0.05, 0) is 43.2 Å². The molecule has 0 radical (unpaired) electrons. The number of anilines is 1. The zero-order chi connectivity index (χ0) is 21.1. The first-order chi connectivity index (χ1) is 14.4. The monoisotopic (exact) mass is 428 g/mol. The molecule has 3 N–H and O–H groups in total. The van der Waals surface area contributed by atoms with Crippen LogP contribution < -0.4 is 15.8 Å². The number of carbonyl (C=O) groups is 1. The fraction of sp³-hybridized carbons (Fsp3) is 0.250. The van der Waals surface area contributed by atoms with Crippen molar-refractivity contribution in [2.75, 3.05) is 5.32 Å². The van der Waals surface area contributed by atoms with Crippen LogP contribution in [0.25, 0.3) is 11.4 Å². The molecule has 30 heavy (non-hydrogen) atoms. The maximum atomic E-state index is 12.7. The predicted octanol–water partition coefficient (Wildman–Crippen LogP) is 2.50. The first-order valence-corrected chi connectivity index (χ1v) is 11.0. The van der Waals surface area contributed by atoms with E-state index in [1.165, 1.54) is 18.2 Å². The highest BCUT2D eigenvalue weighted by atomic mass is 32.2. The first kappa shape index (κ1) is 20.0. The van der Waals surface area contributed by atoms with Crippen LogP contribution in [0.1, 0.15) is 36.0 Å². The number of rotatable bonds is 6. The van der Waals surface area contributed by atoms with Gasteiger partial charge in [0.1, 0.15) is 0 Å². The number of aromatic amines is 1. The normalized spacial score (nSPS) is 14.7. The second kappa shape index (κ2) is 8.25. The number of hydrogen-bond acceptors (Lipinski definition) is 6. The van der Waals surface area contributed by atoms with Gasteiger partial charge in [-0.25, -0.2) is 17.9 Å². The molecular weight excluding hydrogens is 408 g/mol. The van der Waals surface area contributed by atoms with E-state index in [1.807, 2.05) is 0 Å². The van der Waals surface area contributed by atoms with E-state index >= 15 is 0 Å². The number of sulfonamides is 1. The summed E-state index contributed by atoms with van der Waals surface area (Å²) in [6.07, 6.45) is 3.67. The Balaban J connectivity index is 1.51. The molecule has 0 atom stereocenters. The van der Waals surface area contributed by atoms with Crippen molar-refractivity contribution in [2.24, 2.45) is 0 Å². The van der Waals surface area contributed by atoms with E-state index in [4.69, 9.17) is 0 Å². The molecule has 0 bridgehead atoms. The van der Waals surface area contributed by atoms with Crippen molar-refractivity contribution in [1.82, 2.24) is 14.9 Å². The van der Waals surface area contributed by atoms with E-state index in [2.05, 4.69) is 24.7 Å². The van der Waals surface area contributed by atoms with E-state index in [0.717, 1.165) is 25.7 Å². The Morgan fingerprint density at radius 2 is 1.87 bits per heavy atom. The fourth-order valence-electron chi connectivity index (χ4n) is 3.44. The van der Waals surface area contributed by atoms with Crippen LogP contribution in [0.15, 0.2) is 62.7 Å². The lowest BCUT2D eigenvalue weighted by atomic mass is 10.1. The lowest BCUT2D eigenvalue weighted by Crippen LogP contribution is -2.32. The standard InChI is InChI=1S/C20H20N4O5S/c25-19(21-16-9-3-5-13(11-16)18-22-20(26)29-23-18)14-6-4-10-17(12-14)30(27,28)24-15-7-1-2-8-15/h3-6,9-12,15,24H,1-2,7-8H2,(H,21,25)(H,22,23,26). The lowest BCUT2D eigenvalue weighted by molar-refractivity contribution is 0.102. The molecule has 1 amide bonds. The Bertz CT molecular complexity index is 1230. The predicted molar refractivity (Wildman–Crippen MR) is 110 cm³/mol. The van der Waals surface area contributed by atoms with Crippen molar-refractivity contribution in [3.8, 4) is 11.4 Å². The van der Waals surface area contributed by atoms with Crippen molar-refractivity contribution < 1.29 is 17.7 Å². The number of H-pyrrole nitrogens is 1. The van der Waals surface area contributed by atoms with Crippen LogP contribution in [0.3, 0.4) is 0 Å². The molecule has 4 rings (SSSR count). The second-order valence-corrected chi connectivity index (χ2v) is 8.82. The van der Waals surface area contributed by atoms with Crippen LogP contribution in [0.4, 0.5) is 5.69 Å². The smallest absolute Gasteiger partial charge is 0.322 e. The van der Waals surface area contributed by atoms with Crippen LogP contribution in [0.5, 0.6) is 0 Å². The van der Waals surface area contributed by atoms with E-state index in [1.54, 1.807) is 30.3 Å². The zero-order valence-corrected chi connectivity index (χ0v) is 16.7. The molecule has 1 aliphatic carbocycles. The molecule has 1 heterocycles. The molecule has 9 nitrogen and oxygen atoms in total. The van der Waals surface area contributed by atoms with Gasteiger partial charge >= 0.3 is 5.76 Å². The molecule has 0 spiro atoms. The SMILES string of the molecule is O=C(Nc1cccc(-c2noc(=O)[nH]2)c1)c1cccc(S(=O)(=O)NC2CCCC2)c1. The topological polar surface area (TPSA) is 134 Å². The van der Waals surface area contributed by atoms with Gasteiger partial charge in [0, 0.05) is 22.9 Å². The van der Waals surface area contributed by atoms with Crippen LogP contribution in [-0.2, 0) is 10.0 Å². The van der Waals surface area contributed by atoms with Crippen molar-refractivity contribution in [3.05, 3.63) is 64.6 Å². The van der Waals surface area contributed by atoms with Crippen LogP contribution >= 0.6 is 0 Å². The molecule has 1 aromatic heterocycles. The molecule has 3 aromatic rings. The molecular formula is C20H20N4O5S. The quantitative estimate of drug-likeness (QED) is 0.552. The summed E-state index contributed by atoms with van der Waals surface area (Å²) in [5.41, 5.74) is 1.22. The maximum Gasteiger partial charge on any atom is 0.439 e. The summed E-state index contributed by atoms with van der Waals surface area (Å²) in [5.74, 6) is -0.899. The van der Waals surface area contributed by atoms with Crippen molar-refractivity contribution in [1.29, 1.82) is 0 Å². The van der Waals surface area contributed by atoms with Crippen molar-refractivity contribution in [2.45, 2.75) is 36.6 Å². The third-order valence-corrected chi connectivity index (χ3v) is 6.44. The lowest BCUT2D eigenvalue weighted by Gasteiger charge is -2.13. The molecule has 1 aliphatic rings. The van der Waals surface area contributed by atoms with Gasteiger partial charge < -0.3 is 5.32 Å². The van der Waals surface area contributed by atoms with E-state index in [9.17, 15) is 18.0 Å². The Morgan fingerprint density at radius 3 is 2.60 bits per heavy atom. The van der Waals surface area contributed by atoms with Gasteiger partial charge in [0.25, 0.3) is 5.91 Å². The summed E-state index contributed by atoms with van der Waals surface area (Å²) < 4.78 is 32.5. The minimum absolute atomic E-state index is 0.0518. The van der Waals surface area contributed by atoms with Gasteiger partial charge in [-0.1, -0.05) is 36.2 Å². The van der Waals surface area contributed by atoms with Crippen LogP contribution in [-0.4, -0.2) is 30.5 Å². The first-order valence-electron chi connectivity index (χ1n) is 9.51. The summed E-state index contributed by atoms with van der Waals surface area (Å²) in [7, 11) is -3.70. The highest BCUT2D eigenvalue weighted by Gasteiger charge is 2.23. The van der Waals surface area contributed by atoms with E-state index in [-0.39, 0.29) is 22.3 Å². The number of carbonyl (C=O) groups excluding carboxylic acids is 1. The minimum Gasteiger partial charge on any atom is -0.322 e. The van der Waals surface area contributed by atoms with Gasteiger partial charge in [0.15, 0.2) is 5.82 Å². The number of nitrogens with one attached hydrogen (secondary N) is 3. The Kier molecular flexibility index (Phi) is 5.51. The Hall–Kier alpha value is -3.24. The minimum atomic E-state index is -3.70. The molecule has 0 unspecified atom stereocenters. The van der Waals surface area contributed by atoms with Crippen molar-refractivity contribution in [3.63, 3.8) is 0 Å². The summed E-state index contributed by atoms with van der Waals surface area (Å²) in [6.45, 7) is 0. The van der Waals surface area contributed by atoms with E-state index < -0.39 is 21.7 Å². The van der Waals surface area contributed by atoms with Crippen LogP contribution in [0, 0.1) is 0 Å². The molecule has 2 aromatic carbocycles. The van der Waals surface area contributed by atoms with Gasteiger partial charge in [-0.3, -0.25) is 14.3 Å². The molecule has 0 aliphatic heterocycles. The number of hydrogen-bond donors (Lipinski definition) is 3.